The highest BCUT2D eigenvalue weighted by Gasteiger charge is 2.29. The Kier molecular flexibility index (Phi) is 6.21. The molecule has 7 nitrogen and oxygen atoms in total. The van der Waals surface area contributed by atoms with Gasteiger partial charge in [-0.05, 0) is 43.9 Å². The Balaban J connectivity index is 1.28. The second kappa shape index (κ2) is 8.89. The fourth-order valence-corrected chi connectivity index (χ4v) is 4.53. The number of piperidine rings is 1. The number of carbonyl (C=O) groups excluding carboxylic acids is 2. The summed E-state index contributed by atoms with van der Waals surface area (Å²) >= 11 is 0. The smallest absolute Gasteiger partial charge is 0.319 e. The second-order valence-corrected chi connectivity index (χ2v) is 9.98. The summed E-state index contributed by atoms with van der Waals surface area (Å²) in [6.07, 6.45) is 7.26. The zero-order valence-electron chi connectivity index (χ0n) is 18.9. The second-order valence-electron chi connectivity index (χ2n) is 9.98. The molecule has 1 saturated heterocycles. The maximum Gasteiger partial charge on any atom is 0.319 e. The predicted octanol–water partition coefficient (Wildman–Crippen LogP) is 4.82. The van der Waals surface area contributed by atoms with Crippen LogP contribution in [0.5, 0.6) is 0 Å². The first-order valence-corrected chi connectivity index (χ1v) is 11.6. The third-order valence-electron chi connectivity index (χ3n) is 6.38. The van der Waals surface area contributed by atoms with Crippen LogP contribution in [-0.2, 0) is 10.2 Å². The van der Waals surface area contributed by atoms with Crippen molar-refractivity contribution in [1.29, 1.82) is 0 Å². The molecule has 3 amide bonds. The summed E-state index contributed by atoms with van der Waals surface area (Å²) < 4.78 is 5.82. The molecule has 7 heteroatoms. The molecule has 1 aromatic heterocycles. The number of hydrogen-bond acceptors (Lipinski definition) is 4. The third-order valence-corrected chi connectivity index (χ3v) is 6.38. The summed E-state index contributed by atoms with van der Waals surface area (Å²) in [5.41, 5.74) is 1.96. The molecule has 31 heavy (non-hydrogen) atoms. The van der Waals surface area contributed by atoms with Gasteiger partial charge in [0.15, 0.2) is 5.58 Å². The van der Waals surface area contributed by atoms with Gasteiger partial charge in [0.2, 0.25) is 11.8 Å². The Morgan fingerprint density at radius 2 is 1.77 bits per heavy atom. The van der Waals surface area contributed by atoms with Gasteiger partial charge in [-0.15, -0.1) is 0 Å². The lowest BCUT2D eigenvalue weighted by Gasteiger charge is -2.35. The van der Waals surface area contributed by atoms with Crippen molar-refractivity contribution < 1.29 is 14.0 Å². The summed E-state index contributed by atoms with van der Waals surface area (Å²) in [7, 11) is 0. The van der Waals surface area contributed by atoms with Gasteiger partial charge in [0.05, 0.1) is 0 Å². The molecule has 0 unspecified atom stereocenters. The van der Waals surface area contributed by atoms with Crippen LogP contribution >= 0.6 is 0 Å². The van der Waals surface area contributed by atoms with Gasteiger partial charge in [0.25, 0.3) is 0 Å². The van der Waals surface area contributed by atoms with Crippen LogP contribution in [-0.4, -0.2) is 41.0 Å². The standard InChI is InChI=1S/C24H34N4O3/c1-24(2,3)22-27-19-15-18(9-10-20(19)31-22)26-23(30)25-17-11-13-28(14-12-17)21(29)16-7-5-4-6-8-16/h9-10,15-17H,4-8,11-14H2,1-3H3,(H2,25,26,30). The van der Waals surface area contributed by atoms with Crippen molar-refractivity contribution in [3.63, 3.8) is 0 Å². The number of rotatable bonds is 3. The molecule has 2 aliphatic rings. The van der Waals surface area contributed by atoms with Gasteiger partial charge in [-0.3, -0.25) is 4.79 Å². The number of nitrogens with zero attached hydrogens (tertiary/aromatic N) is 2. The molecule has 1 aliphatic heterocycles. The molecule has 2 aromatic rings. The van der Waals surface area contributed by atoms with Gasteiger partial charge in [-0.25, -0.2) is 9.78 Å². The van der Waals surface area contributed by atoms with Crippen molar-refractivity contribution in [1.82, 2.24) is 15.2 Å². The van der Waals surface area contributed by atoms with E-state index in [1.54, 1.807) is 0 Å². The zero-order valence-corrected chi connectivity index (χ0v) is 18.9. The fourth-order valence-electron chi connectivity index (χ4n) is 4.53. The summed E-state index contributed by atoms with van der Waals surface area (Å²) in [6.45, 7) is 7.61. The number of carbonyl (C=O) groups is 2. The third kappa shape index (κ3) is 5.20. The van der Waals surface area contributed by atoms with E-state index in [0.29, 0.717) is 23.1 Å². The van der Waals surface area contributed by atoms with Crippen molar-refractivity contribution in [2.75, 3.05) is 18.4 Å². The Morgan fingerprint density at radius 3 is 2.45 bits per heavy atom. The number of hydrogen-bond donors (Lipinski definition) is 2. The zero-order chi connectivity index (χ0) is 22.0. The highest BCUT2D eigenvalue weighted by molar-refractivity contribution is 5.91. The fraction of sp³-hybridized carbons (Fsp3) is 0.625. The van der Waals surface area contributed by atoms with E-state index in [1.807, 2.05) is 23.1 Å². The lowest BCUT2D eigenvalue weighted by atomic mass is 9.87. The Morgan fingerprint density at radius 1 is 1.06 bits per heavy atom. The summed E-state index contributed by atoms with van der Waals surface area (Å²) in [6, 6.07) is 5.35. The molecule has 2 N–H and O–H groups in total. The Hall–Kier alpha value is -2.57. The van der Waals surface area contributed by atoms with Crippen LogP contribution in [0.4, 0.5) is 10.5 Å². The first kappa shape index (κ1) is 21.7. The molecular weight excluding hydrogens is 392 g/mol. The van der Waals surface area contributed by atoms with Crippen LogP contribution < -0.4 is 10.6 Å². The maximum atomic E-state index is 12.7. The SMILES string of the molecule is CC(C)(C)c1nc2cc(NC(=O)NC3CCN(C(=O)C4CCCCC4)CC3)ccc2o1. The Labute approximate surface area is 184 Å². The van der Waals surface area contributed by atoms with E-state index in [4.69, 9.17) is 4.42 Å². The molecule has 0 atom stereocenters. The number of oxazole rings is 1. The van der Waals surface area contributed by atoms with Gasteiger partial charge < -0.3 is 20.0 Å². The number of urea groups is 1. The number of fused-ring (bicyclic) bond motifs is 1. The lowest BCUT2D eigenvalue weighted by Crippen LogP contribution is -2.49. The van der Waals surface area contributed by atoms with Crippen molar-refractivity contribution in [3.8, 4) is 0 Å². The van der Waals surface area contributed by atoms with Gasteiger partial charge in [0, 0.05) is 36.2 Å². The molecule has 1 saturated carbocycles. The van der Waals surface area contributed by atoms with Crippen molar-refractivity contribution in [3.05, 3.63) is 24.1 Å². The first-order valence-electron chi connectivity index (χ1n) is 11.6. The minimum atomic E-state index is -0.226. The average Bonchev–Trinajstić information content (AvgIpc) is 3.18. The molecule has 0 bridgehead atoms. The molecule has 1 aliphatic carbocycles. The van der Waals surface area contributed by atoms with E-state index >= 15 is 0 Å². The highest BCUT2D eigenvalue weighted by atomic mass is 16.3. The number of aromatic nitrogens is 1. The monoisotopic (exact) mass is 426 g/mol. The van der Waals surface area contributed by atoms with Gasteiger partial charge in [0.1, 0.15) is 5.52 Å². The predicted molar refractivity (Wildman–Crippen MR) is 121 cm³/mol. The summed E-state index contributed by atoms with van der Waals surface area (Å²) in [4.78, 5) is 31.8. The normalized spacial score (nSPS) is 18.9. The van der Waals surface area contributed by atoms with Crippen molar-refractivity contribution in [2.24, 2.45) is 5.92 Å². The minimum absolute atomic E-state index is 0.0821. The maximum absolute atomic E-state index is 12.7. The van der Waals surface area contributed by atoms with Gasteiger partial charge in [-0.2, -0.15) is 0 Å². The van der Waals surface area contributed by atoms with Crippen LogP contribution in [0.15, 0.2) is 22.6 Å². The summed E-state index contributed by atoms with van der Waals surface area (Å²) in [5.74, 6) is 1.21. The van der Waals surface area contributed by atoms with Crippen LogP contribution in [0.3, 0.4) is 0 Å². The molecule has 0 spiro atoms. The van der Waals surface area contributed by atoms with E-state index in [1.165, 1.54) is 19.3 Å². The number of anilines is 1. The van der Waals surface area contributed by atoms with Crippen LogP contribution in [0, 0.1) is 5.92 Å². The molecule has 2 heterocycles. The topological polar surface area (TPSA) is 87.5 Å². The van der Waals surface area contributed by atoms with Gasteiger partial charge in [-0.1, -0.05) is 40.0 Å². The molecule has 2 fully saturated rings. The highest BCUT2D eigenvalue weighted by Crippen LogP contribution is 2.28. The largest absolute Gasteiger partial charge is 0.440 e. The molecule has 4 rings (SSSR count). The molecule has 168 valence electrons. The van der Waals surface area contributed by atoms with Crippen molar-refractivity contribution in [2.45, 2.75) is 77.2 Å². The molecular formula is C24H34N4O3. The lowest BCUT2D eigenvalue weighted by molar-refractivity contribution is -0.137. The number of amides is 3. The minimum Gasteiger partial charge on any atom is -0.440 e. The average molecular weight is 427 g/mol. The quantitative estimate of drug-likeness (QED) is 0.737. The van der Waals surface area contributed by atoms with E-state index in [0.717, 1.165) is 44.3 Å². The van der Waals surface area contributed by atoms with Gasteiger partial charge >= 0.3 is 6.03 Å². The van der Waals surface area contributed by atoms with E-state index in [2.05, 4.69) is 36.4 Å². The van der Waals surface area contributed by atoms with E-state index in [9.17, 15) is 9.59 Å². The molecule has 1 aromatic carbocycles. The van der Waals surface area contributed by atoms with E-state index in [-0.39, 0.29) is 23.4 Å². The number of benzene rings is 1. The van der Waals surface area contributed by atoms with Crippen LogP contribution in [0.2, 0.25) is 0 Å². The van der Waals surface area contributed by atoms with E-state index < -0.39 is 0 Å². The van der Waals surface area contributed by atoms with Crippen LogP contribution in [0.25, 0.3) is 11.1 Å². The first-order chi connectivity index (χ1) is 14.8. The summed E-state index contributed by atoms with van der Waals surface area (Å²) in [5, 5.41) is 5.95. The van der Waals surface area contributed by atoms with Crippen molar-refractivity contribution >= 4 is 28.7 Å². The number of nitrogens with one attached hydrogen (secondary N) is 2. The number of likely N-dealkylation sites (tertiary alicyclic amines) is 1. The van der Waals surface area contributed by atoms with Crippen LogP contribution in [0.1, 0.15) is 71.6 Å². The molecule has 0 radical (unpaired) electrons. The Bertz CT molecular complexity index is 932.